The van der Waals surface area contributed by atoms with Crippen LogP contribution in [0.25, 0.3) is 0 Å². The summed E-state index contributed by atoms with van der Waals surface area (Å²) in [6.45, 7) is 4.15. The average molecular weight is 370 g/mol. The summed E-state index contributed by atoms with van der Waals surface area (Å²) in [5.74, 6) is 5.48. The Morgan fingerprint density at radius 1 is 1.16 bits per heavy atom. The van der Waals surface area contributed by atoms with E-state index < -0.39 is 0 Å². The van der Waals surface area contributed by atoms with E-state index in [0.717, 1.165) is 14.7 Å². The Morgan fingerprint density at radius 3 is 2.53 bits per heavy atom. The number of hydrogen-bond donors (Lipinski definition) is 2. The summed E-state index contributed by atoms with van der Waals surface area (Å²) in [6, 6.07) is 10.8. The number of benzene rings is 2. The predicted octanol–water partition coefficient (Wildman–Crippen LogP) is 3.60. The van der Waals surface area contributed by atoms with Gasteiger partial charge in [-0.25, -0.2) is 9.82 Å². The van der Waals surface area contributed by atoms with Gasteiger partial charge >= 0.3 is 0 Å². The van der Waals surface area contributed by atoms with E-state index in [0.29, 0.717) is 0 Å². The molecule has 0 aliphatic rings. The Morgan fingerprint density at radius 2 is 1.89 bits per heavy atom. The summed E-state index contributed by atoms with van der Waals surface area (Å²) in [5.41, 5.74) is 7.35. The molecule has 0 saturated carbocycles. The molecule has 0 bridgehead atoms. The second kappa shape index (κ2) is 5.98. The van der Waals surface area contributed by atoms with Crippen molar-refractivity contribution in [1.82, 2.24) is 5.43 Å². The first kappa shape index (κ1) is 14.4. The van der Waals surface area contributed by atoms with Gasteiger partial charge in [0.2, 0.25) is 0 Å². The molecule has 0 fully saturated rings. The number of nitrogens with one attached hydrogen (secondary N) is 1. The number of hydrazine groups is 1. The lowest BCUT2D eigenvalue weighted by molar-refractivity contribution is 0.611. The fraction of sp³-hybridized carbons (Fsp3) is 0.200. The Kier molecular flexibility index (Phi) is 4.54. The van der Waals surface area contributed by atoms with Crippen molar-refractivity contribution in [1.29, 1.82) is 0 Å². The molecule has 2 nitrogen and oxygen atoms in total. The van der Waals surface area contributed by atoms with Crippen molar-refractivity contribution < 1.29 is 4.39 Å². The van der Waals surface area contributed by atoms with Gasteiger partial charge in [0.15, 0.2) is 0 Å². The van der Waals surface area contributed by atoms with Crippen LogP contribution in [0.2, 0.25) is 0 Å². The molecule has 1 atom stereocenters. The van der Waals surface area contributed by atoms with Crippen LogP contribution in [-0.2, 0) is 0 Å². The quantitative estimate of drug-likeness (QED) is 0.492. The van der Waals surface area contributed by atoms with Crippen molar-refractivity contribution in [2.24, 2.45) is 5.84 Å². The molecule has 0 heterocycles. The van der Waals surface area contributed by atoms with E-state index in [1.165, 1.54) is 23.3 Å². The Labute approximate surface area is 126 Å². The molecule has 1 unspecified atom stereocenters. The standard InChI is InChI=1S/C15H16FIN2/c1-9-4-3-5-12(10(9)2)15(19-18)13-7-6-11(16)8-14(13)17/h3-8,15,19H,18H2,1-2H3. The Bertz CT molecular complexity index is 599. The van der Waals surface area contributed by atoms with Gasteiger partial charge < -0.3 is 0 Å². The maximum Gasteiger partial charge on any atom is 0.124 e. The zero-order valence-corrected chi connectivity index (χ0v) is 13.0. The van der Waals surface area contributed by atoms with Crippen LogP contribution >= 0.6 is 22.6 Å². The highest BCUT2D eigenvalue weighted by Crippen LogP contribution is 2.29. The normalized spacial score (nSPS) is 12.5. The second-order valence-electron chi connectivity index (χ2n) is 4.55. The maximum atomic E-state index is 13.2. The zero-order chi connectivity index (χ0) is 14.0. The van der Waals surface area contributed by atoms with E-state index in [1.807, 2.05) is 12.1 Å². The van der Waals surface area contributed by atoms with Crippen molar-refractivity contribution in [3.8, 4) is 0 Å². The van der Waals surface area contributed by atoms with Gasteiger partial charge in [-0.05, 0) is 70.8 Å². The molecule has 0 radical (unpaired) electrons. The molecule has 2 aromatic rings. The van der Waals surface area contributed by atoms with Gasteiger partial charge in [-0.3, -0.25) is 5.84 Å². The van der Waals surface area contributed by atoms with Crippen LogP contribution in [0.3, 0.4) is 0 Å². The molecule has 0 aliphatic carbocycles. The molecule has 19 heavy (non-hydrogen) atoms. The van der Waals surface area contributed by atoms with Crippen molar-refractivity contribution in [2.45, 2.75) is 19.9 Å². The van der Waals surface area contributed by atoms with Crippen LogP contribution in [0, 0.1) is 23.2 Å². The molecule has 2 aromatic carbocycles. The molecular weight excluding hydrogens is 354 g/mol. The molecule has 2 rings (SSSR count). The lowest BCUT2D eigenvalue weighted by atomic mass is 9.93. The van der Waals surface area contributed by atoms with Crippen LogP contribution in [-0.4, -0.2) is 0 Å². The molecule has 0 saturated heterocycles. The van der Waals surface area contributed by atoms with Gasteiger partial charge in [-0.1, -0.05) is 24.3 Å². The summed E-state index contributed by atoms with van der Waals surface area (Å²) in [7, 11) is 0. The first-order valence-corrected chi connectivity index (χ1v) is 7.09. The molecular formula is C15H16FIN2. The van der Waals surface area contributed by atoms with Gasteiger partial charge in [0.1, 0.15) is 5.82 Å². The van der Waals surface area contributed by atoms with E-state index in [-0.39, 0.29) is 11.9 Å². The topological polar surface area (TPSA) is 38.0 Å². The first-order valence-electron chi connectivity index (χ1n) is 6.01. The predicted molar refractivity (Wildman–Crippen MR) is 84.2 cm³/mol. The van der Waals surface area contributed by atoms with Crippen molar-refractivity contribution in [3.63, 3.8) is 0 Å². The number of aryl methyl sites for hydroxylation is 1. The zero-order valence-electron chi connectivity index (χ0n) is 10.9. The molecule has 0 amide bonds. The minimum Gasteiger partial charge on any atom is -0.271 e. The fourth-order valence-electron chi connectivity index (χ4n) is 2.17. The highest BCUT2D eigenvalue weighted by molar-refractivity contribution is 14.1. The van der Waals surface area contributed by atoms with Crippen LogP contribution in [0.15, 0.2) is 36.4 Å². The summed E-state index contributed by atoms with van der Waals surface area (Å²) < 4.78 is 14.1. The van der Waals surface area contributed by atoms with Crippen LogP contribution < -0.4 is 11.3 Å². The van der Waals surface area contributed by atoms with Crippen LogP contribution in [0.4, 0.5) is 4.39 Å². The highest BCUT2D eigenvalue weighted by Gasteiger charge is 2.18. The van der Waals surface area contributed by atoms with Crippen LogP contribution in [0.1, 0.15) is 28.3 Å². The smallest absolute Gasteiger partial charge is 0.124 e. The monoisotopic (exact) mass is 370 g/mol. The summed E-state index contributed by atoms with van der Waals surface area (Å²) >= 11 is 2.14. The van der Waals surface area contributed by atoms with Crippen LogP contribution in [0.5, 0.6) is 0 Å². The molecule has 3 N–H and O–H groups in total. The third-order valence-electron chi connectivity index (χ3n) is 3.40. The summed E-state index contributed by atoms with van der Waals surface area (Å²) in [5, 5.41) is 0. The average Bonchev–Trinajstić information content (AvgIpc) is 2.37. The third kappa shape index (κ3) is 2.96. The van der Waals surface area contributed by atoms with Gasteiger partial charge in [0.25, 0.3) is 0 Å². The van der Waals surface area contributed by atoms with Gasteiger partial charge in [0, 0.05) is 3.57 Å². The van der Waals surface area contributed by atoms with Crippen molar-refractivity contribution in [2.75, 3.05) is 0 Å². The van der Waals surface area contributed by atoms with E-state index in [2.05, 4.69) is 47.9 Å². The SMILES string of the molecule is Cc1cccc(C(NN)c2ccc(F)cc2I)c1C. The fourth-order valence-corrected chi connectivity index (χ4v) is 2.96. The largest absolute Gasteiger partial charge is 0.271 e. The van der Waals surface area contributed by atoms with Gasteiger partial charge in [-0.2, -0.15) is 0 Å². The molecule has 0 aromatic heterocycles. The second-order valence-corrected chi connectivity index (χ2v) is 5.72. The van der Waals surface area contributed by atoms with Gasteiger partial charge in [-0.15, -0.1) is 0 Å². The molecule has 0 spiro atoms. The number of nitrogens with two attached hydrogens (primary N) is 1. The number of rotatable bonds is 3. The Hall–Kier alpha value is -0.980. The van der Waals surface area contributed by atoms with Crippen molar-refractivity contribution in [3.05, 3.63) is 68.0 Å². The number of halogens is 2. The summed E-state index contributed by atoms with van der Waals surface area (Å²) in [4.78, 5) is 0. The van der Waals surface area contributed by atoms with E-state index in [1.54, 1.807) is 6.07 Å². The lowest BCUT2D eigenvalue weighted by Crippen LogP contribution is -2.30. The molecule has 100 valence electrons. The van der Waals surface area contributed by atoms with Crippen molar-refractivity contribution >= 4 is 22.6 Å². The Balaban J connectivity index is 2.53. The van der Waals surface area contributed by atoms with E-state index >= 15 is 0 Å². The highest BCUT2D eigenvalue weighted by atomic mass is 127. The number of hydrogen-bond acceptors (Lipinski definition) is 2. The van der Waals surface area contributed by atoms with E-state index in [9.17, 15) is 4.39 Å². The molecule has 4 heteroatoms. The van der Waals surface area contributed by atoms with E-state index in [4.69, 9.17) is 5.84 Å². The summed E-state index contributed by atoms with van der Waals surface area (Å²) in [6.07, 6.45) is 0. The van der Waals surface area contributed by atoms with Gasteiger partial charge in [0.05, 0.1) is 6.04 Å². The molecule has 0 aliphatic heterocycles. The third-order valence-corrected chi connectivity index (χ3v) is 4.33. The minimum atomic E-state index is -0.232. The lowest BCUT2D eigenvalue weighted by Gasteiger charge is -2.21. The maximum absolute atomic E-state index is 13.2. The minimum absolute atomic E-state index is 0.132. The first-order chi connectivity index (χ1) is 9.04.